The first-order valence-electron chi connectivity index (χ1n) is 5.01. The summed E-state index contributed by atoms with van der Waals surface area (Å²) >= 11 is 3.96. The average Bonchev–Trinajstić information content (AvgIpc) is 2.34. The summed E-state index contributed by atoms with van der Waals surface area (Å²) in [4.78, 5) is 0. The summed E-state index contributed by atoms with van der Waals surface area (Å²) in [5.41, 5.74) is 0.913. The molecule has 0 N–H and O–H groups in total. The molecule has 0 unspecified atom stereocenters. The molecule has 0 saturated heterocycles. The van der Waals surface area contributed by atoms with Crippen LogP contribution < -0.4 is 4.74 Å². The third-order valence-corrected chi connectivity index (χ3v) is 4.23. The fourth-order valence-corrected chi connectivity index (χ4v) is 3.30. The van der Waals surface area contributed by atoms with Gasteiger partial charge in [0.1, 0.15) is 0 Å². The van der Waals surface area contributed by atoms with Crippen LogP contribution in [0.15, 0.2) is 48.5 Å². The number of halogens is 3. The topological polar surface area (TPSA) is 9.23 Å². The van der Waals surface area contributed by atoms with Gasteiger partial charge in [-0.05, 0) is 0 Å². The Balaban J connectivity index is 2.29. The van der Waals surface area contributed by atoms with Crippen LogP contribution in [-0.4, -0.2) is 4.61 Å². The van der Waals surface area contributed by atoms with E-state index in [0.29, 0.717) is 5.02 Å². The third-order valence-electron chi connectivity index (χ3n) is 2.15. The van der Waals surface area contributed by atoms with Gasteiger partial charge in [0.25, 0.3) is 0 Å². The van der Waals surface area contributed by atoms with Gasteiger partial charge in [-0.1, -0.05) is 0 Å². The summed E-state index contributed by atoms with van der Waals surface area (Å²) in [5, 5.41) is 0.677. The van der Waals surface area contributed by atoms with Crippen LogP contribution in [0.2, 0.25) is 5.02 Å². The molecule has 0 spiro atoms. The number of ether oxygens (including phenoxy) is 1. The van der Waals surface area contributed by atoms with Crippen molar-refractivity contribution >= 4 is 35.6 Å². The molecular formula is C13H9Cl3ORu. The van der Waals surface area contributed by atoms with E-state index >= 15 is 0 Å². The molecule has 0 amide bonds. The van der Waals surface area contributed by atoms with E-state index < -0.39 is 13.5 Å². The first kappa shape index (κ1) is 14.0. The van der Waals surface area contributed by atoms with E-state index in [-0.39, 0.29) is 0 Å². The number of rotatable bonds is 3. The van der Waals surface area contributed by atoms with Gasteiger partial charge in [0.05, 0.1) is 0 Å². The average molecular weight is 389 g/mol. The Kier molecular flexibility index (Phi) is 5.20. The van der Waals surface area contributed by atoms with Crippen molar-refractivity contribution in [1.29, 1.82) is 0 Å². The standard InChI is InChI=1S/C13H9ClO.2ClH.Ru/c1-10-4-2-3-5-13(10)15-12-8-6-11(14)7-9-12;;;/h1-9H;2*1H;/q;;;+2/p-2. The predicted octanol–water partition coefficient (Wildman–Crippen LogP) is 5.21. The molecular weight excluding hydrogens is 380 g/mol. The number of benzene rings is 2. The molecule has 2 rings (SSSR count). The van der Waals surface area contributed by atoms with Gasteiger partial charge in [0.15, 0.2) is 0 Å². The van der Waals surface area contributed by atoms with Gasteiger partial charge in [-0.25, -0.2) is 0 Å². The van der Waals surface area contributed by atoms with Crippen molar-refractivity contribution in [3.05, 3.63) is 59.1 Å². The molecule has 0 aliphatic rings. The maximum absolute atomic E-state index is 5.89. The van der Waals surface area contributed by atoms with Gasteiger partial charge in [-0.3, -0.25) is 0 Å². The summed E-state index contributed by atoms with van der Waals surface area (Å²) < 4.78 is 7.64. The van der Waals surface area contributed by atoms with E-state index in [1.165, 1.54) is 0 Å². The van der Waals surface area contributed by atoms with Gasteiger partial charge < -0.3 is 0 Å². The molecule has 5 heteroatoms. The molecule has 0 bridgehead atoms. The van der Waals surface area contributed by atoms with E-state index in [0.717, 1.165) is 17.1 Å². The zero-order chi connectivity index (χ0) is 13.0. The molecule has 0 fully saturated rings. The van der Waals surface area contributed by atoms with Crippen molar-refractivity contribution in [2.45, 2.75) is 0 Å². The summed E-state index contributed by atoms with van der Waals surface area (Å²) in [6, 6.07) is 14.8. The van der Waals surface area contributed by atoms with E-state index in [9.17, 15) is 0 Å². The van der Waals surface area contributed by atoms with Crippen LogP contribution in [0.5, 0.6) is 11.5 Å². The molecule has 0 aliphatic heterocycles. The molecule has 0 heterocycles. The molecule has 0 atom stereocenters. The number of hydrogen-bond donors (Lipinski definition) is 0. The second kappa shape index (κ2) is 6.68. The normalized spacial score (nSPS) is 10.9. The number of para-hydroxylation sites is 1. The van der Waals surface area contributed by atoms with Crippen LogP contribution in [0.1, 0.15) is 5.56 Å². The first-order chi connectivity index (χ1) is 8.65. The summed E-state index contributed by atoms with van der Waals surface area (Å²) in [6.45, 7) is 0. The molecule has 0 radical (unpaired) electrons. The minimum atomic E-state index is -1.86. The third kappa shape index (κ3) is 4.07. The van der Waals surface area contributed by atoms with Crippen LogP contribution in [0.25, 0.3) is 0 Å². The fourth-order valence-electron chi connectivity index (χ4n) is 1.37. The second-order valence-corrected chi connectivity index (χ2v) is 9.56. The Morgan fingerprint density at radius 2 is 1.61 bits per heavy atom. The Morgan fingerprint density at radius 1 is 0.944 bits per heavy atom. The van der Waals surface area contributed by atoms with Crippen molar-refractivity contribution in [2.24, 2.45) is 0 Å². The van der Waals surface area contributed by atoms with E-state index in [4.69, 9.17) is 35.7 Å². The zero-order valence-corrected chi connectivity index (χ0v) is 13.1. The zero-order valence-electron chi connectivity index (χ0n) is 9.09. The minimum absolute atomic E-state index is 0.677. The molecule has 1 nitrogen and oxygen atoms in total. The molecule has 18 heavy (non-hydrogen) atoms. The van der Waals surface area contributed by atoms with Crippen molar-refractivity contribution in [2.75, 3.05) is 0 Å². The van der Waals surface area contributed by atoms with Crippen LogP contribution in [-0.2, 0) is 13.5 Å². The van der Waals surface area contributed by atoms with Gasteiger partial charge in [0, 0.05) is 0 Å². The molecule has 2 aromatic carbocycles. The fraction of sp³-hybridized carbons (Fsp3) is 0. The Labute approximate surface area is 124 Å². The number of hydrogen-bond acceptors (Lipinski definition) is 1. The summed E-state index contributed by atoms with van der Waals surface area (Å²) in [7, 11) is 11.8. The van der Waals surface area contributed by atoms with Crippen molar-refractivity contribution in [1.82, 2.24) is 0 Å². The van der Waals surface area contributed by atoms with Crippen LogP contribution in [0.4, 0.5) is 0 Å². The Bertz CT molecular complexity index is 563. The monoisotopic (exact) mass is 388 g/mol. The molecule has 0 saturated carbocycles. The molecule has 0 aromatic heterocycles. The molecule has 2 aromatic rings. The van der Waals surface area contributed by atoms with Crippen LogP contribution in [0.3, 0.4) is 0 Å². The van der Waals surface area contributed by atoms with Crippen molar-refractivity contribution in [3.63, 3.8) is 0 Å². The SMILES string of the molecule is Clc1ccc(Oc2ccccc2[CH]=[Ru]([Cl])[Cl])cc1. The van der Waals surface area contributed by atoms with Crippen LogP contribution >= 0.6 is 31.0 Å². The van der Waals surface area contributed by atoms with Gasteiger partial charge in [0.2, 0.25) is 0 Å². The predicted molar refractivity (Wildman–Crippen MR) is 74.8 cm³/mol. The van der Waals surface area contributed by atoms with E-state index in [2.05, 4.69) is 0 Å². The molecule has 96 valence electrons. The van der Waals surface area contributed by atoms with Crippen molar-refractivity contribution < 1.29 is 18.3 Å². The van der Waals surface area contributed by atoms with E-state index in [1.807, 2.05) is 41.0 Å². The van der Waals surface area contributed by atoms with Crippen LogP contribution in [0, 0.1) is 0 Å². The first-order valence-corrected chi connectivity index (χ1v) is 10.9. The maximum atomic E-state index is 5.89. The van der Waals surface area contributed by atoms with Gasteiger partial charge in [-0.15, -0.1) is 0 Å². The quantitative estimate of drug-likeness (QED) is 0.656. The molecule has 0 aliphatic carbocycles. The Morgan fingerprint density at radius 3 is 2.28 bits per heavy atom. The summed E-state index contributed by atoms with van der Waals surface area (Å²) in [5.74, 6) is 1.46. The van der Waals surface area contributed by atoms with E-state index in [1.54, 1.807) is 12.1 Å². The van der Waals surface area contributed by atoms with Crippen molar-refractivity contribution in [3.8, 4) is 11.5 Å². The van der Waals surface area contributed by atoms with Gasteiger partial charge >= 0.3 is 124 Å². The van der Waals surface area contributed by atoms with Gasteiger partial charge in [-0.2, -0.15) is 0 Å². The second-order valence-electron chi connectivity index (χ2n) is 3.40. The Hall–Kier alpha value is -0.397. The summed E-state index contributed by atoms with van der Waals surface area (Å²) in [6.07, 6.45) is 0.